The minimum Gasteiger partial charge on any atom is -0.369 e. The van der Waals surface area contributed by atoms with Crippen molar-refractivity contribution in [3.05, 3.63) is 65.1 Å². The maximum Gasteiger partial charge on any atom is 0.227 e. The highest BCUT2D eigenvalue weighted by atomic mass is 16.1. The van der Waals surface area contributed by atoms with Gasteiger partial charge in [0.1, 0.15) is 5.82 Å². The fourth-order valence-corrected chi connectivity index (χ4v) is 3.91. The molecule has 2 N–H and O–H groups in total. The number of nitrogens with zero attached hydrogens (tertiary/aromatic N) is 3. The minimum absolute atomic E-state index is 0.109. The van der Waals surface area contributed by atoms with E-state index in [9.17, 15) is 4.79 Å². The molecule has 0 aliphatic heterocycles. The summed E-state index contributed by atoms with van der Waals surface area (Å²) in [7, 11) is 0. The first kappa shape index (κ1) is 16.8. The van der Waals surface area contributed by atoms with Gasteiger partial charge in [-0.25, -0.2) is 0 Å². The summed E-state index contributed by atoms with van der Waals surface area (Å²) in [6.07, 6.45) is 5.27. The fourth-order valence-electron chi connectivity index (χ4n) is 3.91. The Bertz CT molecular complexity index is 981. The Labute approximate surface area is 153 Å². The second-order valence-corrected chi connectivity index (χ2v) is 7.93. The molecule has 0 atom stereocenters. The lowest BCUT2D eigenvalue weighted by Crippen LogP contribution is -2.38. The van der Waals surface area contributed by atoms with E-state index >= 15 is 0 Å². The molecule has 1 aliphatic carbocycles. The molecule has 26 heavy (non-hydrogen) atoms. The summed E-state index contributed by atoms with van der Waals surface area (Å²) in [5.41, 5.74) is 8.77. The number of fused-ring (bicyclic) bond motifs is 1. The largest absolute Gasteiger partial charge is 0.369 e. The molecule has 1 aromatic carbocycles. The number of primary amides is 1. The number of aryl methyl sites for hydroxylation is 1. The van der Waals surface area contributed by atoms with Crippen molar-refractivity contribution in [1.82, 2.24) is 14.6 Å². The van der Waals surface area contributed by atoms with E-state index < -0.39 is 5.41 Å². The first-order chi connectivity index (χ1) is 12.4. The van der Waals surface area contributed by atoms with Crippen molar-refractivity contribution in [2.45, 2.75) is 50.9 Å². The van der Waals surface area contributed by atoms with E-state index in [0.29, 0.717) is 5.65 Å². The van der Waals surface area contributed by atoms with Crippen LogP contribution in [0.4, 0.5) is 0 Å². The lowest BCUT2D eigenvalue weighted by atomic mass is 9.63. The number of carbonyl (C=O) groups excluding carboxylic acids is 1. The Morgan fingerprint density at radius 1 is 1.15 bits per heavy atom. The molecule has 0 unspecified atom stereocenters. The summed E-state index contributed by atoms with van der Waals surface area (Å²) >= 11 is 0. The Morgan fingerprint density at radius 3 is 2.42 bits per heavy atom. The average molecular weight is 348 g/mol. The third kappa shape index (κ3) is 2.26. The van der Waals surface area contributed by atoms with Gasteiger partial charge < -0.3 is 5.73 Å². The van der Waals surface area contributed by atoms with Crippen molar-refractivity contribution in [1.29, 1.82) is 0 Å². The molecular formula is C21H24N4O. The Kier molecular flexibility index (Phi) is 3.65. The van der Waals surface area contributed by atoms with E-state index in [-0.39, 0.29) is 11.3 Å². The van der Waals surface area contributed by atoms with E-state index in [2.05, 4.69) is 41.4 Å². The molecule has 3 aromatic rings. The molecule has 0 radical (unpaired) electrons. The average Bonchev–Trinajstić information content (AvgIpc) is 3.00. The zero-order valence-electron chi connectivity index (χ0n) is 15.5. The highest BCUT2D eigenvalue weighted by Crippen LogP contribution is 2.48. The number of pyridine rings is 1. The summed E-state index contributed by atoms with van der Waals surface area (Å²) in [6.45, 7) is 5.76. The summed E-state index contributed by atoms with van der Waals surface area (Å²) < 4.78 is 2.04. The number of aromatic nitrogens is 3. The van der Waals surface area contributed by atoms with Crippen molar-refractivity contribution in [2.24, 2.45) is 5.73 Å². The molecule has 2 aromatic heterocycles. The molecule has 1 saturated carbocycles. The zero-order valence-corrected chi connectivity index (χ0v) is 15.5. The van der Waals surface area contributed by atoms with Crippen LogP contribution >= 0.6 is 0 Å². The van der Waals surface area contributed by atoms with Crippen LogP contribution < -0.4 is 5.73 Å². The highest BCUT2D eigenvalue weighted by Gasteiger charge is 2.44. The molecule has 0 spiro atoms. The highest BCUT2D eigenvalue weighted by molar-refractivity contribution is 5.87. The van der Waals surface area contributed by atoms with Gasteiger partial charge in [-0.05, 0) is 45.2 Å². The standard InChI is InChI=1S/C21H24N4O/c1-14-7-9-15(10-8-14)21(11-5-12-21)19-24-23-17-16(6-4-13-25(17)19)20(2,3)18(22)26/h4,6-10,13H,5,11-12H2,1-3H3,(H2,22,26). The second-order valence-electron chi connectivity index (χ2n) is 7.93. The van der Waals surface area contributed by atoms with E-state index in [4.69, 9.17) is 5.73 Å². The maximum atomic E-state index is 12.0. The number of carbonyl (C=O) groups is 1. The lowest BCUT2D eigenvalue weighted by Gasteiger charge is -2.41. The van der Waals surface area contributed by atoms with Crippen LogP contribution in [0.25, 0.3) is 5.65 Å². The quantitative estimate of drug-likeness (QED) is 0.786. The van der Waals surface area contributed by atoms with Crippen molar-refractivity contribution in [2.75, 3.05) is 0 Å². The Morgan fingerprint density at radius 2 is 1.85 bits per heavy atom. The maximum absolute atomic E-state index is 12.0. The smallest absolute Gasteiger partial charge is 0.227 e. The summed E-state index contributed by atoms with van der Waals surface area (Å²) in [5, 5.41) is 9.05. The van der Waals surface area contributed by atoms with Crippen molar-refractivity contribution in [3.8, 4) is 0 Å². The molecule has 2 heterocycles. The molecule has 1 fully saturated rings. The number of nitrogens with two attached hydrogens (primary N) is 1. The third-order valence-corrected chi connectivity index (χ3v) is 5.96. The van der Waals surface area contributed by atoms with Crippen LogP contribution in [0.15, 0.2) is 42.6 Å². The first-order valence-corrected chi connectivity index (χ1v) is 9.08. The van der Waals surface area contributed by atoms with E-state index in [1.54, 1.807) is 0 Å². The molecule has 1 aliphatic rings. The van der Waals surface area contributed by atoms with Crippen LogP contribution in [-0.4, -0.2) is 20.5 Å². The summed E-state index contributed by atoms with van der Waals surface area (Å²) in [4.78, 5) is 12.0. The van der Waals surface area contributed by atoms with Gasteiger partial charge in [-0.2, -0.15) is 0 Å². The number of hydrogen-bond acceptors (Lipinski definition) is 3. The number of amides is 1. The van der Waals surface area contributed by atoms with Gasteiger partial charge in [0.25, 0.3) is 0 Å². The molecule has 0 saturated heterocycles. The van der Waals surface area contributed by atoms with Gasteiger partial charge >= 0.3 is 0 Å². The number of hydrogen-bond donors (Lipinski definition) is 1. The molecule has 1 amide bonds. The van der Waals surface area contributed by atoms with Crippen LogP contribution in [0, 0.1) is 6.92 Å². The van der Waals surface area contributed by atoms with E-state index in [1.807, 2.05) is 36.6 Å². The van der Waals surface area contributed by atoms with Gasteiger partial charge in [-0.3, -0.25) is 9.20 Å². The molecule has 134 valence electrons. The van der Waals surface area contributed by atoms with Crippen molar-refractivity contribution >= 4 is 11.6 Å². The molecule has 5 heteroatoms. The van der Waals surface area contributed by atoms with Gasteiger partial charge in [-0.1, -0.05) is 42.3 Å². The van der Waals surface area contributed by atoms with Gasteiger partial charge in [0, 0.05) is 11.8 Å². The van der Waals surface area contributed by atoms with Crippen molar-refractivity contribution in [3.63, 3.8) is 0 Å². The monoisotopic (exact) mass is 348 g/mol. The van der Waals surface area contributed by atoms with Crippen LogP contribution in [0.1, 0.15) is 55.6 Å². The zero-order chi connectivity index (χ0) is 18.5. The lowest BCUT2D eigenvalue weighted by molar-refractivity contribution is -0.122. The molecular weight excluding hydrogens is 324 g/mol. The fraction of sp³-hybridized carbons (Fsp3) is 0.381. The van der Waals surface area contributed by atoms with Crippen LogP contribution in [-0.2, 0) is 15.6 Å². The number of rotatable bonds is 4. The summed E-state index contributed by atoms with van der Waals surface area (Å²) in [6, 6.07) is 12.6. The van der Waals surface area contributed by atoms with Crippen LogP contribution in [0.5, 0.6) is 0 Å². The van der Waals surface area contributed by atoms with Crippen molar-refractivity contribution < 1.29 is 4.79 Å². The Balaban J connectivity index is 1.90. The van der Waals surface area contributed by atoms with E-state index in [1.165, 1.54) is 17.5 Å². The minimum atomic E-state index is -0.802. The normalized spacial score (nSPS) is 16.4. The second kappa shape index (κ2) is 5.66. The van der Waals surface area contributed by atoms with Gasteiger partial charge in [-0.15, -0.1) is 10.2 Å². The molecule has 0 bridgehead atoms. The molecule has 5 nitrogen and oxygen atoms in total. The van der Waals surface area contributed by atoms with Crippen LogP contribution in [0.3, 0.4) is 0 Å². The predicted molar refractivity (Wildman–Crippen MR) is 101 cm³/mol. The topological polar surface area (TPSA) is 73.3 Å². The third-order valence-electron chi connectivity index (χ3n) is 5.96. The van der Waals surface area contributed by atoms with Gasteiger partial charge in [0.15, 0.2) is 5.65 Å². The number of benzene rings is 1. The van der Waals surface area contributed by atoms with Crippen LogP contribution in [0.2, 0.25) is 0 Å². The SMILES string of the molecule is Cc1ccc(C2(c3nnc4c(C(C)(C)C(N)=O)cccn34)CCC2)cc1. The Hall–Kier alpha value is -2.69. The predicted octanol–water partition coefficient (Wildman–Crippen LogP) is 3.27. The molecule has 4 rings (SSSR count). The van der Waals surface area contributed by atoms with E-state index in [0.717, 1.165) is 24.2 Å². The first-order valence-electron chi connectivity index (χ1n) is 9.08. The summed E-state index contributed by atoms with van der Waals surface area (Å²) in [5.74, 6) is 0.580. The van der Waals surface area contributed by atoms with Gasteiger partial charge in [0.05, 0.1) is 10.8 Å². The van der Waals surface area contributed by atoms with Gasteiger partial charge in [0.2, 0.25) is 5.91 Å².